The van der Waals surface area contributed by atoms with Crippen LogP contribution in [0, 0.1) is 6.92 Å². The fraction of sp³-hybridized carbons (Fsp3) is 0.500. The Balaban J connectivity index is 2.08. The smallest absolute Gasteiger partial charge is 0.413 e. The van der Waals surface area contributed by atoms with E-state index in [4.69, 9.17) is 4.74 Å². The summed E-state index contributed by atoms with van der Waals surface area (Å²) in [5.41, 5.74) is -0.846. The van der Waals surface area contributed by atoms with E-state index in [-0.39, 0.29) is 12.5 Å². The Labute approximate surface area is 130 Å². The Morgan fingerprint density at radius 2 is 1.91 bits per heavy atom. The van der Waals surface area contributed by atoms with E-state index < -0.39 is 17.4 Å². The second kappa shape index (κ2) is 5.61. The fourth-order valence-electron chi connectivity index (χ4n) is 2.41. The van der Waals surface area contributed by atoms with Gasteiger partial charge in [0, 0.05) is 5.69 Å². The number of nitrogens with zero attached hydrogens (tertiary/aromatic N) is 1. The number of rotatable bonds is 4. The van der Waals surface area contributed by atoms with Crippen LogP contribution in [-0.2, 0) is 9.53 Å². The highest BCUT2D eigenvalue weighted by molar-refractivity contribution is 5.94. The van der Waals surface area contributed by atoms with Crippen LogP contribution in [0.5, 0.6) is 0 Å². The minimum Gasteiger partial charge on any atom is -0.438 e. The van der Waals surface area contributed by atoms with Crippen molar-refractivity contribution in [3.8, 4) is 0 Å². The van der Waals surface area contributed by atoms with Gasteiger partial charge in [-0.15, -0.1) is 0 Å². The number of carbonyl (C=O) groups excluding carboxylic acids is 2. The molecule has 1 aliphatic rings. The highest BCUT2D eigenvalue weighted by Gasteiger charge is 2.58. The Morgan fingerprint density at radius 3 is 2.41 bits per heavy atom. The van der Waals surface area contributed by atoms with Crippen molar-refractivity contribution >= 4 is 17.7 Å². The lowest BCUT2D eigenvalue weighted by Gasteiger charge is -2.36. The average molecular weight is 306 g/mol. The van der Waals surface area contributed by atoms with Crippen LogP contribution in [0.25, 0.3) is 0 Å². The van der Waals surface area contributed by atoms with Crippen molar-refractivity contribution in [3.05, 3.63) is 29.8 Å². The summed E-state index contributed by atoms with van der Waals surface area (Å²) < 4.78 is 5.25. The van der Waals surface area contributed by atoms with Crippen molar-refractivity contribution in [1.29, 1.82) is 0 Å². The van der Waals surface area contributed by atoms with Crippen molar-refractivity contribution in [2.45, 2.75) is 45.4 Å². The first-order valence-electron chi connectivity index (χ1n) is 7.29. The second-order valence-corrected chi connectivity index (χ2v) is 5.97. The predicted molar refractivity (Wildman–Crippen MR) is 82.3 cm³/mol. The first kappa shape index (κ1) is 16.3. The van der Waals surface area contributed by atoms with E-state index >= 15 is 0 Å². The Bertz CT molecular complexity index is 582. The first-order chi connectivity index (χ1) is 10.2. The normalized spacial score (nSPS) is 27.7. The molecule has 1 saturated heterocycles. The van der Waals surface area contributed by atoms with Crippen molar-refractivity contribution in [2.24, 2.45) is 0 Å². The van der Waals surface area contributed by atoms with Gasteiger partial charge in [0.05, 0.1) is 0 Å². The molecule has 0 aromatic heterocycles. The molecule has 2 N–H and O–H groups in total. The molecule has 0 unspecified atom stereocenters. The maximum atomic E-state index is 12.1. The maximum Gasteiger partial charge on any atom is 0.413 e. The molecule has 2 atom stereocenters. The van der Waals surface area contributed by atoms with Crippen molar-refractivity contribution in [1.82, 2.24) is 4.90 Å². The zero-order valence-corrected chi connectivity index (χ0v) is 13.3. The Kier molecular flexibility index (Phi) is 4.15. The van der Waals surface area contributed by atoms with Crippen LogP contribution >= 0.6 is 0 Å². The molecule has 0 radical (unpaired) electrons. The van der Waals surface area contributed by atoms with Gasteiger partial charge in [-0.05, 0) is 39.3 Å². The lowest BCUT2D eigenvalue weighted by molar-refractivity contribution is -0.143. The number of hydrogen-bond acceptors (Lipinski definition) is 4. The molecule has 22 heavy (non-hydrogen) atoms. The van der Waals surface area contributed by atoms with Crippen LogP contribution < -0.4 is 5.32 Å². The number of anilines is 1. The third-order valence-electron chi connectivity index (χ3n) is 4.37. The molecule has 120 valence electrons. The molecule has 0 spiro atoms. The van der Waals surface area contributed by atoms with Crippen LogP contribution in [0.15, 0.2) is 24.3 Å². The molecular weight excluding hydrogens is 284 g/mol. The molecule has 2 amide bonds. The summed E-state index contributed by atoms with van der Waals surface area (Å²) in [6.07, 6.45) is -0.240. The summed E-state index contributed by atoms with van der Waals surface area (Å²) in [6, 6.07) is 7.32. The summed E-state index contributed by atoms with van der Waals surface area (Å²) in [4.78, 5) is 25.1. The number of ether oxygens (including phenoxy) is 1. The molecule has 6 heteroatoms. The van der Waals surface area contributed by atoms with Crippen LogP contribution in [0.1, 0.15) is 32.8 Å². The zero-order chi connectivity index (χ0) is 16.5. The summed E-state index contributed by atoms with van der Waals surface area (Å²) in [5.74, 6) is -0.388. The number of benzene rings is 1. The van der Waals surface area contributed by atoms with E-state index in [0.29, 0.717) is 12.1 Å². The number of amides is 2. The van der Waals surface area contributed by atoms with Crippen molar-refractivity contribution in [2.75, 3.05) is 11.9 Å². The minimum atomic E-state index is -1.54. The molecule has 1 aromatic rings. The SMILES string of the molecule is CC[C@]1(C)OC(=O)N(CC(=O)Nc2ccc(C)cc2)[C@]1(C)O. The summed E-state index contributed by atoms with van der Waals surface area (Å²) in [5, 5.41) is 13.3. The van der Waals surface area contributed by atoms with E-state index in [1.807, 2.05) is 26.0 Å². The Morgan fingerprint density at radius 1 is 1.32 bits per heavy atom. The van der Waals surface area contributed by atoms with Gasteiger partial charge in [-0.1, -0.05) is 24.6 Å². The molecule has 1 aromatic carbocycles. The van der Waals surface area contributed by atoms with Gasteiger partial charge in [0.2, 0.25) is 5.91 Å². The summed E-state index contributed by atoms with van der Waals surface area (Å²) >= 11 is 0. The van der Waals surface area contributed by atoms with Crippen LogP contribution in [0.3, 0.4) is 0 Å². The largest absolute Gasteiger partial charge is 0.438 e. The van der Waals surface area contributed by atoms with E-state index in [1.165, 1.54) is 6.92 Å². The number of cyclic esters (lactones) is 1. The molecular formula is C16H22N2O4. The number of aliphatic hydroxyl groups is 1. The predicted octanol–water partition coefficient (Wildman–Crippen LogP) is 2.26. The van der Waals surface area contributed by atoms with Crippen LogP contribution in [-0.4, -0.2) is 39.9 Å². The van der Waals surface area contributed by atoms with Crippen molar-refractivity contribution in [3.63, 3.8) is 0 Å². The number of aryl methyl sites for hydroxylation is 1. The molecule has 0 aliphatic carbocycles. The third-order valence-corrected chi connectivity index (χ3v) is 4.37. The molecule has 1 fully saturated rings. The fourth-order valence-corrected chi connectivity index (χ4v) is 2.41. The summed E-state index contributed by atoms with van der Waals surface area (Å²) in [6.45, 7) is 6.64. The van der Waals surface area contributed by atoms with Crippen LogP contribution in [0.4, 0.5) is 10.5 Å². The van der Waals surface area contributed by atoms with Gasteiger partial charge in [-0.3, -0.25) is 9.69 Å². The minimum absolute atomic E-state index is 0.269. The van der Waals surface area contributed by atoms with Gasteiger partial charge >= 0.3 is 6.09 Å². The quantitative estimate of drug-likeness (QED) is 0.894. The lowest BCUT2D eigenvalue weighted by Crippen LogP contribution is -2.56. The van der Waals surface area contributed by atoms with Crippen molar-refractivity contribution < 1.29 is 19.4 Å². The van der Waals surface area contributed by atoms with Gasteiger partial charge in [0.1, 0.15) is 6.54 Å². The van der Waals surface area contributed by atoms with E-state index in [0.717, 1.165) is 10.5 Å². The number of nitrogens with one attached hydrogen (secondary N) is 1. The maximum absolute atomic E-state index is 12.1. The average Bonchev–Trinajstić information content (AvgIpc) is 2.62. The Hall–Kier alpha value is -2.08. The van der Waals surface area contributed by atoms with Crippen LogP contribution in [0.2, 0.25) is 0 Å². The van der Waals surface area contributed by atoms with E-state index in [1.54, 1.807) is 19.1 Å². The van der Waals surface area contributed by atoms with Gasteiger partial charge in [0.15, 0.2) is 11.3 Å². The monoisotopic (exact) mass is 306 g/mol. The lowest BCUT2D eigenvalue weighted by atomic mass is 9.91. The van der Waals surface area contributed by atoms with E-state index in [9.17, 15) is 14.7 Å². The number of hydrogen-bond donors (Lipinski definition) is 2. The standard InChI is InChI=1S/C16H22N2O4/c1-5-15(3)16(4,21)18(14(20)22-15)10-13(19)17-12-8-6-11(2)7-9-12/h6-9,21H,5,10H2,1-4H3,(H,17,19)/t15-,16+/m0/s1. The zero-order valence-electron chi connectivity index (χ0n) is 13.3. The third kappa shape index (κ3) is 2.78. The van der Waals surface area contributed by atoms with Gasteiger partial charge in [-0.2, -0.15) is 0 Å². The van der Waals surface area contributed by atoms with E-state index in [2.05, 4.69) is 5.32 Å². The second-order valence-electron chi connectivity index (χ2n) is 5.97. The van der Waals surface area contributed by atoms with Gasteiger partial charge < -0.3 is 15.2 Å². The summed E-state index contributed by atoms with van der Waals surface area (Å²) in [7, 11) is 0. The molecule has 0 saturated carbocycles. The molecule has 2 rings (SSSR count). The first-order valence-corrected chi connectivity index (χ1v) is 7.29. The number of carbonyl (C=O) groups is 2. The topological polar surface area (TPSA) is 78.9 Å². The van der Waals surface area contributed by atoms with Gasteiger partial charge in [0.25, 0.3) is 0 Å². The highest BCUT2D eigenvalue weighted by Crippen LogP contribution is 2.39. The molecule has 1 heterocycles. The van der Waals surface area contributed by atoms with Gasteiger partial charge in [-0.25, -0.2) is 4.79 Å². The molecule has 0 bridgehead atoms. The molecule has 6 nitrogen and oxygen atoms in total. The molecule has 1 aliphatic heterocycles. The highest BCUT2D eigenvalue weighted by atomic mass is 16.6.